The van der Waals surface area contributed by atoms with Gasteiger partial charge in [0.25, 0.3) is 0 Å². The van der Waals surface area contributed by atoms with E-state index in [4.69, 9.17) is 0 Å². The van der Waals surface area contributed by atoms with Crippen LogP contribution in [0.15, 0.2) is 0 Å². The molecule has 2 atom stereocenters. The third-order valence-electron chi connectivity index (χ3n) is 3.91. The number of nitrogens with zero attached hydrogens (tertiary/aromatic N) is 2. The Balaban J connectivity index is 1.87. The number of likely N-dealkylation sites (tertiary alicyclic amines) is 1. The third kappa shape index (κ3) is 2.38. The third-order valence-corrected chi connectivity index (χ3v) is 3.91. The fourth-order valence-electron chi connectivity index (χ4n) is 2.73. The molecular formula is C12H23N3O. The van der Waals surface area contributed by atoms with E-state index in [2.05, 4.69) is 24.2 Å². The molecule has 2 heterocycles. The molecule has 0 radical (unpaired) electrons. The van der Waals surface area contributed by atoms with E-state index in [9.17, 15) is 4.79 Å². The first-order valence-electron chi connectivity index (χ1n) is 6.33. The van der Waals surface area contributed by atoms with Crippen LogP contribution in [0, 0.1) is 5.92 Å². The van der Waals surface area contributed by atoms with Crippen LogP contribution in [-0.4, -0.2) is 54.6 Å². The van der Waals surface area contributed by atoms with Crippen LogP contribution in [0.5, 0.6) is 0 Å². The molecule has 2 saturated heterocycles. The minimum absolute atomic E-state index is 0.00117. The van der Waals surface area contributed by atoms with Gasteiger partial charge >= 0.3 is 0 Å². The molecule has 0 aliphatic carbocycles. The maximum atomic E-state index is 11.9. The molecule has 92 valence electrons. The Morgan fingerprint density at radius 2 is 1.94 bits per heavy atom. The van der Waals surface area contributed by atoms with Crippen molar-refractivity contribution < 1.29 is 4.79 Å². The van der Waals surface area contributed by atoms with Gasteiger partial charge in [0.05, 0.1) is 12.2 Å². The van der Waals surface area contributed by atoms with Crippen molar-refractivity contribution in [2.75, 3.05) is 26.7 Å². The molecule has 0 spiro atoms. The quantitative estimate of drug-likeness (QED) is 0.743. The van der Waals surface area contributed by atoms with E-state index >= 15 is 0 Å². The van der Waals surface area contributed by atoms with Crippen LogP contribution in [0.2, 0.25) is 0 Å². The van der Waals surface area contributed by atoms with Crippen molar-refractivity contribution in [3.05, 3.63) is 0 Å². The number of carbonyl (C=O) groups is 1. The van der Waals surface area contributed by atoms with Gasteiger partial charge < -0.3 is 9.80 Å². The van der Waals surface area contributed by atoms with Crippen molar-refractivity contribution in [2.45, 2.75) is 38.9 Å². The lowest BCUT2D eigenvalue weighted by atomic mass is 9.96. The second kappa shape index (κ2) is 4.72. The molecule has 4 heteroatoms. The van der Waals surface area contributed by atoms with Gasteiger partial charge in [-0.25, -0.2) is 0 Å². The zero-order valence-electron chi connectivity index (χ0n) is 10.6. The van der Waals surface area contributed by atoms with Crippen molar-refractivity contribution in [3.63, 3.8) is 0 Å². The maximum absolute atomic E-state index is 11.9. The Morgan fingerprint density at radius 1 is 1.31 bits per heavy atom. The maximum Gasteiger partial charge on any atom is 0.240 e. The van der Waals surface area contributed by atoms with Crippen molar-refractivity contribution >= 4 is 5.91 Å². The Kier molecular flexibility index (Phi) is 3.50. The molecule has 1 N–H and O–H groups in total. The number of hydrogen-bond acceptors (Lipinski definition) is 3. The molecular weight excluding hydrogens is 202 g/mol. The van der Waals surface area contributed by atoms with Crippen LogP contribution in [0.3, 0.4) is 0 Å². The van der Waals surface area contributed by atoms with Gasteiger partial charge in [-0.3, -0.25) is 10.1 Å². The highest BCUT2D eigenvalue weighted by atomic mass is 16.2. The molecule has 0 aromatic heterocycles. The lowest BCUT2D eigenvalue weighted by Crippen LogP contribution is -2.41. The van der Waals surface area contributed by atoms with Crippen molar-refractivity contribution in [1.82, 2.24) is 15.1 Å². The first-order chi connectivity index (χ1) is 7.58. The molecule has 2 fully saturated rings. The minimum Gasteiger partial charge on any atom is -0.326 e. The Hall–Kier alpha value is -0.610. The molecule has 2 aliphatic heterocycles. The fourth-order valence-corrected chi connectivity index (χ4v) is 2.73. The lowest BCUT2D eigenvalue weighted by Gasteiger charge is -2.32. The summed E-state index contributed by atoms with van der Waals surface area (Å²) in [4.78, 5) is 16.3. The average Bonchev–Trinajstić information content (AvgIpc) is 2.48. The fraction of sp³-hybridized carbons (Fsp3) is 0.917. The molecule has 0 aromatic rings. The molecule has 2 rings (SSSR count). The summed E-state index contributed by atoms with van der Waals surface area (Å²) in [5.74, 6) is 0.959. The second-order valence-corrected chi connectivity index (χ2v) is 5.30. The van der Waals surface area contributed by atoms with Gasteiger partial charge in [-0.1, -0.05) is 0 Å². The summed E-state index contributed by atoms with van der Waals surface area (Å²) in [5.41, 5.74) is 0. The monoisotopic (exact) mass is 225 g/mol. The number of carbonyl (C=O) groups excluding carboxylic acids is 1. The summed E-state index contributed by atoms with van der Waals surface area (Å²) in [6.07, 6.45) is 2.66. The number of rotatable bonds is 2. The number of piperidine rings is 1. The Bertz CT molecular complexity index is 261. The predicted molar refractivity (Wildman–Crippen MR) is 64.0 cm³/mol. The summed E-state index contributed by atoms with van der Waals surface area (Å²) in [5, 5.41) is 3.28. The standard InChI is InChI=1S/C12H23N3O/c1-9-12(16)15(10(2)13-9)8-11-4-6-14(3)7-5-11/h9-11,13H,4-8H2,1-3H3. The highest BCUT2D eigenvalue weighted by Gasteiger charge is 2.34. The minimum atomic E-state index is 0.00117. The van der Waals surface area contributed by atoms with E-state index in [0.29, 0.717) is 5.92 Å². The molecule has 0 aromatic carbocycles. The van der Waals surface area contributed by atoms with Crippen LogP contribution in [0.1, 0.15) is 26.7 Å². The van der Waals surface area contributed by atoms with Gasteiger partial charge in [0.1, 0.15) is 0 Å². The van der Waals surface area contributed by atoms with Crippen molar-refractivity contribution in [1.29, 1.82) is 0 Å². The van der Waals surface area contributed by atoms with E-state index in [1.54, 1.807) is 0 Å². The van der Waals surface area contributed by atoms with Gasteiger partial charge in [0, 0.05) is 6.54 Å². The van der Waals surface area contributed by atoms with E-state index in [-0.39, 0.29) is 18.1 Å². The average molecular weight is 225 g/mol. The number of hydrogen-bond donors (Lipinski definition) is 1. The molecule has 0 saturated carbocycles. The summed E-state index contributed by atoms with van der Waals surface area (Å²) >= 11 is 0. The van der Waals surface area contributed by atoms with E-state index in [0.717, 1.165) is 6.54 Å². The van der Waals surface area contributed by atoms with Crippen LogP contribution in [0.25, 0.3) is 0 Å². The highest BCUT2D eigenvalue weighted by molar-refractivity contribution is 5.83. The smallest absolute Gasteiger partial charge is 0.240 e. The molecule has 1 amide bonds. The van der Waals surface area contributed by atoms with Crippen LogP contribution < -0.4 is 5.32 Å². The van der Waals surface area contributed by atoms with Crippen molar-refractivity contribution in [3.8, 4) is 0 Å². The lowest BCUT2D eigenvalue weighted by molar-refractivity contribution is -0.130. The number of nitrogens with one attached hydrogen (secondary N) is 1. The van der Waals surface area contributed by atoms with Gasteiger partial charge in [0.15, 0.2) is 0 Å². The van der Waals surface area contributed by atoms with Crippen LogP contribution >= 0.6 is 0 Å². The van der Waals surface area contributed by atoms with Gasteiger partial charge in [-0.15, -0.1) is 0 Å². The molecule has 2 unspecified atom stereocenters. The van der Waals surface area contributed by atoms with E-state index < -0.39 is 0 Å². The summed E-state index contributed by atoms with van der Waals surface area (Å²) in [6, 6.07) is 0.00117. The first-order valence-corrected chi connectivity index (χ1v) is 6.33. The molecule has 4 nitrogen and oxygen atoms in total. The molecule has 0 bridgehead atoms. The summed E-state index contributed by atoms with van der Waals surface area (Å²) in [6.45, 7) is 7.31. The Morgan fingerprint density at radius 3 is 2.44 bits per heavy atom. The topological polar surface area (TPSA) is 35.6 Å². The summed E-state index contributed by atoms with van der Waals surface area (Å²) < 4.78 is 0. The second-order valence-electron chi connectivity index (χ2n) is 5.30. The first kappa shape index (κ1) is 11.9. The van der Waals surface area contributed by atoms with Crippen molar-refractivity contribution in [2.24, 2.45) is 5.92 Å². The van der Waals surface area contributed by atoms with Gasteiger partial charge in [0.2, 0.25) is 5.91 Å². The SMILES string of the molecule is CC1NC(C)N(CC2CCN(C)CC2)C1=O. The number of amides is 1. The van der Waals surface area contributed by atoms with E-state index in [1.807, 2.05) is 11.8 Å². The zero-order chi connectivity index (χ0) is 11.7. The molecule has 2 aliphatic rings. The highest BCUT2D eigenvalue weighted by Crippen LogP contribution is 2.20. The zero-order valence-corrected chi connectivity index (χ0v) is 10.6. The molecule has 16 heavy (non-hydrogen) atoms. The Labute approximate surface area is 98.0 Å². The van der Waals surface area contributed by atoms with Crippen LogP contribution in [0.4, 0.5) is 0 Å². The van der Waals surface area contributed by atoms with Crippen LogP contribution in [-0.2, 0) is 4.79 Å². The van der Waals surface area contributed by atoms with Gasteiger partial charge in [-0.05, 0) is 52.7 Å². The largest absolute Gasteiger partial charge is 0.326 e. The predicted octanol–water partition coefficient (Wildman–Crippen LogP) is 0.494. The summed E-state index contributed by atoms with van der Waals surface area (Å²) in [7, 11) is 2.17. The normalized spacial score (nSPS) is 33.7. The van der Waals surface area contributed by atoms with E-state index in [1.165, 1.54) is 25.9 Å². The van der Waals surface area contributed by atoms with Gasteiger partial charge in [-0.2, -0.15) is 0 Å².